The smallest absolute Gasteiger partial charge is 0.322 e. The van der Waals surface area contributed by atoms with Gasteiger partial charge in [-0.05, 0) is 30.3 Å². The van der Waals surface area contributed by atoms with E-state index in [0.29, 0.717) is 17.2 Å². The summed E-state index contributed by atoms with van der Waals surface area (Å²) in [6.45, 7) is 0.187. The van der Waals surface area contributed by atoms with Crippen molar-refractivity contribution in [2.24, 2.45) is 0 Å². The molecular weight excluding hydrogens is 404 g/mol. The molecule has 10 nitrogen and oxygen atoms in total. The summed E-state index contributed by atoms with van der Waals surface area (Å²) in [5.74, 6) is 0.238. The first-order chi connectivity index (χ1) is 15.1. The second-order valence-corrected chi connectivity index (χ2v) is 6.94. The molecule has 156 valence electrons. The number of aromatic nitrogens is 2. The fraction of sp³-hybridized carbons (Fsp3) is 0.190. The molecule has 1 aromatic heterocycles. The molecular formula is C21H16N4O6. The lowest BCUT2D eigenvalue weighted by atomic mass is 10.2. The van der Waals surface area contributed by atoms with Gasteiger partial charge in [-0.2, -0.15) is 0 Å². The van der Waals surface area contributed by atoms with Gasteiger partial charge in [0.05, 0.1) is 5.69 Å². The predicted octanol–water partition coefficient (Wildman–Crippen LogP) is 2.49. The van der Waals surface area contributed by atoms with E-state index in [1.54, 1.807) is 30.3 Å². The van der Waals surface area contributed by atoms with Crippen LogP contribution < -0.4 is 19.7 Å². The highest BCUT2D eigenvalue weighted by atomic mass is 16.6. The highest BCUT2D eigenvalue weighted by Crippen LogP contribution is 2.35. The molecule has 1 saturated heterocycles. The summed E-state index contributed by atoms with van der Waals surface area (Å²) in [6, 6.07) is 13.3. The van der Waals surface area contributed by atoms with E-state index in [1.165, 1.54) is 6.07 Å². The maximum absolute atomic E-state index is 12.6. The zero-order valence-electron chi connectivity index (χ0n) is 16.1. The van der Waals surface area contributed by atoms with Crippen LogP contribution in [0.4, 0.5) is 11.7 Å². The van der Waals surface area contributed by atoms with Crippen molar-refractivity contribution in [3.8, 4) is 11.5 Å². The predicted molar refractivity (Wildman–Crippen MR) is 106 cm³/mol. The van der Waals surface area contributed by atoms with Gasteiger partial charge in [0.25, 0.3) is 11.8 Å². The Morgan fingerprint density at radius 1 is 1.00 bits per heavy atom. The number of carbonyl (C=O) groups is 3. The van der Waals surface area contributed by atoms with Gasteiger partial charge in [0.1, 0.15) is 6.61 Å². The Morgan fingerprint density at radius 2 is 1.77 bits per heavy atom. The fourth-order valence-corrected chi connectivity index (χ4v) is 3.38. The Labute approximate surface area is 175 Å². The van der Waals surface area contributed by atoms with Crippen molar-refractivity contribution < 1.29 is 28.3 Å². The monoisotopic (exact) mass is 420 g/mol. The SMILES string of the molecule is O=C(Nc1nnc(C2COc3ccccc3O2)o1)c1cccc(N2C(=O)CCC2=O)c1. The zero-order valence-corrected chi connectivity index (χ0v) is 16.1. The van der Waals surface area contributed by atoms with Crippen LogP contribution in [0.25, 0.3) is 0 Å². The number of ether oxygens (including phenoxy) is 2. The van der Waals surface area contributed by atoms with Crippen molar-refractivity contribution in [3.05, 3.63) is 60.0 Å². The van der Waals surface area contributed by atoms with E-state index in [0.717, 1.165) is 4.90 Å². The molecule has 2 aliphatic heterocycles. The number of hydrogen-bond acceptors (Lipinski definition) is 8. The zero-order chi connectivity index (χ0) is 21.4. The highest BCUT2D eigenvalue weighted by molar-refractivity contribution is 6.20. The quantitative estimate of drug-likeness (QED) is 0.639. The molecule has 1 atom stereocenters. The second kappa shape index (κ2) is 7.56. The van der Waals surface area contributed by atoms with Gasteiger partial charge in [-0.25, -0.2) is 0 Å². The van der Waals surface area contributed by atoms with E-state index in [2.05, 4.69) is 15.5 Å². The molecule has 0 saturated carbocycles. The minimum atomic E-state index is -0.608. The Bertz CT molecular complexity index is 1170. The van der Waals surface area contributed by atoms with Crippen LogP contribution >= 0.6 is 0 Å². The number of nitrogens with zero attached hydrogens (tertiary/aromatic N) is 3. The number of rotatable bonds is 4. The average Bonchev–Trinajstić information content (AvgIpc) is 3.39. The van der Waals surface area contributed by atoms with Crippen LogP contribution in [0.15, 0.2) is 52.9 Å². The van der Waals surface area contributed by atoms with E-state index >= 15 is 0 Å². The van der Waals surface area contributed by atoms with Gasteiger partial charge in [-0.15, -0.1) is 5.10 Å². The number of carbonyl (C=O) groups excluding carboxylic acids is 3. The van der Waals surface area contributed by atoms with Crippen LogP contribution in [0.2, 0.25) is 0 Å². The fourth-order valence-electron chi connectivity index (χ4n) is 3.38. The van der Waals surface area contributed by atoms with Crippen LogP contribution in [-0.4, -0.2) is 34.5 Å². The molecule has 1 unspecified atom stereocenters. The molecule has 0 bridgehead atoms. The van der Waals surface area contributed by atoms with E-state index in [1.807, 2.05) is 12.1 Å². The maximum atomic E-state index is 12.6. The summed E-state index contributed by atoms with van der Waals surface area (Å²) in [5.41, 5.74) is 0.578. The van der Waals surface area contributed by atoms with Crippen LogP contribution in [0.5, 0.6) is 11.5 Å². The molecule has 10 heteroatoms. The van der Waals surface area contributed by atoms with Crippen molar-refractivity contribution in [1.82, 2.24) is 10.2 Å². The first-order valence-corrected chi connectivity index (χ1v) is 9.57. The highest BCUT2D eigenvalue weighted by Gasteiger charge is 2.31. The van der Waals surface area contributed by atoms with Gasteiger partial charge in [0.2, 0.25) is 17.9 Å². The third-order valence-electron chi connectivity index (χ3n) is 4.86. The molecule has 5 rings (SSSR count). The van der Waals surface area contributed by atoms with Crippen molar-refractivity contribution in [3.63, 3.8) is 0 Å². The molecule has 2 aliphatic rings. The van der Waals surface area contributed by atoms with E-state index in [9.17, 15) is 14.4 Å². The van der Waals surface area contributed by atoms with E-state index < -0.39 is 12.0 Å². The summed E-state index contributed by atoms with van der Waals surface area (Å²) in [5, 5.41) is 10.3. The van der Waals surface area contributed by atoms with Crippen molar-refractivity contribution in [2.75, 3.05) is 16.8 Å². The van der Waals surface area contributed by atoms with Crippen molar-refractivity contribution in [2.45, 2.75) is 18.9 Å². The Kier molecular flexibility index (Phi) is 4.58. The summed E-state index contributed by atoms with van der Waals surface area (Å²) < 4.78 is 17.0. The number of hydrogen-bond donors (Lipinski definition) is 1. The molecule has 3 amide bonds. The number of anilines is 2. The number of nitrogens with one attached hydrogen (secondary N) is 1. The maximum Gasteiger partial charge on any atom is 0.322 e. The third kappa shape index (κ3) is 3.59. The van der Waals surface area contributed by atoms with E-state index in [-0.39, 0.29) is 48.7 Å². The average molecular weight is 420 g/mol. The number of imide groups is 1. The van der Waals surface area contributed by atoms with Crippen LogP contribution in [0.1, 0.15) is 35.2 Å². The van der Waals surface area contributed by atoms with Gasteiger partial charge in [-0.3, -0.25) is 24.6 Å². The lowest BCUT2D eigenvalue weighted by Crippen LogP contribution is -2.28. The standard InChI is InChI=1S/C21H16N4O6/c26-17-8-9-18(27)25(17)13-5-3-4-12(10-13)19(28)22-21-24-23-20(31-21)16-11-29-14-6-1-2-7-15(14)30-16/h1-7,10,16H,8-9,11H2,(H,22,24,28). The van der Waals surface area contributed by atoms with Crippen LogP contribution in [-0.2, 0) is 9.59 Å². The molecule has 1 fully saturated rings. The number of para-hydroxylation sites is 2. The van der Waals surface area contributed by atoms with E-state index in [4.69, 9.17) is 13.9 Å². The molecule has 2 aromatic carbocycles. The van der Waals surface area contributed by atoms with Gasteiger partial charge in [0, 0.05) is 18.4 Å². The number of fused-ring (bicyclic) bond motifs is 1. The summed E-state index contributed by atoms with van der Waals surface area (Å²) in [4.78, 5) is 37.6. The molecule has 0 spiro atoms. The summed E-state index contributed by atoms with van der Waals surface area (Å²) >= 11 is 0. The minimum Gasteiger partial charge on any atom is -0.485 e. The first kappa shape index (κ1) is 18.8. The summed E-state index contributed by atoms with van der Waals surface area (Å²) in [7, 11) is 0. The Morgan fingerprint density at radius 3 is 2.58 bits per heavy atom. The normalized spacial score (nSPS) is 17.7. The topological polar surface area (TPSA) is 124 Å². The van der Waals surface area contributed by atoms with Gasteiger partial charge < -0.3 is 13.9 Å². The third-order valence-corrected chi connectivity index (χ3v) is 4.86. The largest absolute Gasteiger partial charge is 0.485 e. The lowest BCUT2D eigenvalue weighted by molar-refractivity contribution is -0.121. The summed E-state index contributed by atoms with van der Waals surface area (Å²) in [6.07, 6.45) is -0.280. The van der Waals surface area contributed by atoms with Crippen molar-refractivity contribution >= 4 is 29.4 Å². The minimum absolute atomic E-state index is 0.110. The molecule has 3 aromatic rings. The molecule has 0 aliphatic carbocycles. The van der Waals surface area contributed by atoms with Crippen LogP contribution in [0, 0.1) is 0 Å². The van der Waals surface area contributed by atoms with Gasteiger partial charge in [-0.1, -0.05) is 23.3 Å². The lowest BCUT2D eigenvalue weighted by Gasteiger charge is -2.23. The first-order valence-electron chi connectivity index (χ1n) is 9.57. The van der Waals surface area contributed by atoms with Crippen LogP contribution in [0.3, 0.4) is 0 Å². The van der Waals surface area contributed by atoms with Gasteiger partial charge >= 0.3 is 6.01 Å². The molecule has 0 radical (unpaired) electrons. The Balaban J connectivity index is 1.29. The molecule has 31 heavy (non-hydrogen) atoms. The van der Waals surface area contributed by atoms with Crippen molar-refractivity contribution in [1.29, 1.82) is 0 Å². The second-order valence-electron chi connectivity index (χ2n) is 6.94. The number of benzene rings is 2. The number of amides is 3. The molecule has 1 N–H and O–H groups in total. The molecule has 3 heterocycles. The van der Waals surface area contributed by atoms with Gasteiger partial charge in [0.15, 0.2) is 11.5 Å². The Hall–Kier alpha value is -4.21.